The third-order valence-electron chi connectivity index (χ3n) is 3.39. The zero-order valence-corrected chi connectivity index (χ0v) is 14.8. The molecule has 0 bridgehead atoms. The van der Waals surface area contributed by atoms with Gasteiger partial charge < -0.3 is 14.8 Å². The second-order valence-corrected chi connectivity index (χ2v) is 7.76. The van der Waals surface area contributed by atoms with Gasteiger partial charge in [0.05, 0.1) is 10.6 Å². The molecule has 0 saturated heterocycles. The van der Waals surface area contributed by atoms with E-state index in [0.717, 1.165) is 0 Å². The van der Waals surface area contributed by atoms with Crippen LogP contribution in [0.2, 0.25) is 0 Å². The zero-order valence-electron chi connectivity index (χ0n) is 14.0. The van der Waals surface area contributed by atoms with E-state index in [1.54, 1.807) is 32.0 Å². The summed E-state index contributed by atoms with van der Waals surface area (Å²) in [7, 11) is -3.76. The molecule has 3 rings (SSSR count). The van der Waals surface area contributed by atoms with Crippen LogP contribution in [0.15, 0.2) is 47.4 Å². The second-order valence-electron chi connectivity index (χ2n) is 6.08. The van der Waals surface area contributed by atoms with Crippen LogP contribution >= 0.6 is 0 Å². The van der Waals surface area contributed by atoms with Gasteiger partial charge in [-0.05, 0) is 36.4 Å². The van der Waals surface area contributed by atoms with Gasteiger partial charge in [0.1, 0.15) is 0 Å². The van der Waals surface area contributed by atoms with Gasteiger partial charge in [-0.2, -0.15) is 0 Å². The van der Waals surface area contributed by atoms with Crippen LogP contribution in [0.3, 0.4) is 0 Å². The van der Waals surface area contributed by atoms with Crippen molar-refractivity contribution in [2.24, 2.45) is 0 Å². The van der Waals surface area contributed by atoms with Crippen molar-refractivity contribution >= 4 is 27.3 Å². The summed E-state index contributed by atoms with van der Waals surface area (Å²) < 4.78 is 38.7. The Labute approximate surface area is 146 Å². The predicted octanol–water partition coefficient (Wildman–Crippen LogP) is 2.95. The number of sulfonamides is 1. The Morgan fingerprint density at radius 1 is 0.960 bits per heavy atom. The first-order chi connectivity index (χ1) is 11.6. The van der Waals surface area contributed by atoms with Crippen LogP contribution in [0.1, 0.15) is 20.8 Å². The molecule has 1 amide bonds. The number of hydrogen-bond acceptors (Lipinski definition) is 5. The summed E-state index contributed by atoms with van der Waals surface area (Å²) in [6.07, 6.45) is 0. The molecule has 25 heavy (non-hydrogen) atoms. The van der Waals surface area contributed by atoms with Crippen molar-refractivity contribution in [1.82, 2.24) is 0 Å². The van der Waals surface area contributed by atoms with Crippen LogP contribution in [-0.4, -0.2) is 20.1 Å². The van der Waals surface area contributed by atoms with Crippen LogP contribution in [0.4, 0.5) is 11.4 Å². The van der Waals surface area contributed by atoms with Crippen molar-refractivity contribution in [2.45, 2.75) is 31.5 Å². The van der Waals surface area contributed by atoms with Gasteiger partial charge in [0.15, 0.2) is 11.5 Å². The van der Waals surface area contributed by atoms with Crippen molar-refractivity contribution in [3.8, 4) is 11.5 Å². The molecule has 1 aliphatic heterocycles. The van der Waals surface area contributed by atoms with Gasteiger partial charge in [-0.15, -0.1) is 0 Å². The van der Waals surface area contributed by atoms with E-state index < -0.39 is 15.8 Å². The number of ether oxygens (including phenoxy) is 2. The smallest absolute Gasteiger partial charge is 0.261 e. The van der Waals surface area contributed by atoms with E-state index in [4.69, 9.17) is 9.47 Å². The number of rotatable bonds is 4. The van der Waals surface area contributed by atoms with Gasteiger partial charge in [-0.25, -0.2) is 8.42 Å². The zero-order chi connectivity index (χ0) is 18.2. The van der Waals surface area contributed by atoms with E-state index in [1.807, 2.05) is 0 Å². The number of carbonyl (C=O) groups is 1. The number of hydrogen-bond donors (Lipinski definition) is 2. The summed E-state index contributed by atoms with van der Waals surface area (Å²) in [4.78, 5) is 11.1. The lowest BCUT2D eigenvalue weighted by molar-refractivity contribution is -0.114. The maximum absolute atomic E-state index is 12.5. The summed E-state index contributed by atoms with van der Waals surface area (Å²) in [5, 5.41) is 2.58. The molecule has 8 heteroatoms. The van der Waals surface area contributed by atoms with Crippen LogP contribution in [0.25, 0.3) is 0 Å². The SMILES string of the molecule is CC(=O)Nc1ccc(S(=O)(=O)Nc2ccc3c(c2)OC(C)(C)O3)cc1. The molecular weight excluding hydrogens is 344 g/mol. The van der Waals surface area contributed by atoms with E-state index in [9.17, 15) is 13.2 Å². The summed E-state index contributed by atoms with van der Waals surface area (Å²) >= 11 is 0. The minimum Gasteiger partial charge on any atom is -0.449 e. The average Bonchev–Trinajstić information content (AvgIpc) is 2.80. The van der Waals surface area contributed by atoms with Crippen molar-refractivity contribution in [2.75, 3.05) is 10.0 Å². The van der Waals surface area contributed by atoms with E-state index in [0.29, 0.717) is 22.9 Å². The molecule has 0 unspecified atom stereocenters. The minimum atomic E-state index is -3.76. The molecule has 132 valence electrons. The summed E-state index contributed by atoms with van der Waals surface area (Å²) in [6, 6.07) is 10.7. The molecule has 2 aromatic rings. The van der Waals surface area contributed by atoms with Gasteiger partial charge in [0.25, 0.3) is 10.0 Å². The van der Waals surface area contributed by atoms with Crippen LogP contribution < -0.4 is 19.5 Å². The molecule has 0 aliphatic carbocycles. The molecular formula is C17H18N2O5S. The normalized spacial score (nSPS) is 14.8. The Morgan fingerprint density at radius 2 is 1.56 bits per heavy atom. The summed E-state index contributed by atoms with van der Waals surface area (Å²) in [5.74, 6) is 0.0372. The van der Waals surface area contributed by atoms with E-state index in [-0.39, 0.29) is 10.8 Å². The Kier molecular flexibility index (Phi) is 4.08. The molecule has 0 atom stereocenters. The fourth-order valence-corrected chi connectivity index (χ4v) is 3.47. The van der Waals surface area contributed by atoms with Gasteiger partial charge >= 0.3 is 0 Å². The monoisotopic (exact) mass is 362 g/mol. The number of carbonyl (C=O) groups excluding carboxylic acids is 1. The highest BCUT2D eigenvalue weighted by Gasteiger charge is 2.31. The first kappa shape index (κ1) is 17.1. The number of amides is 1. The Bertz CT molecular complexity index is 921. The van der Waals surface area contributed by atoms with Crippen molar-refractivity contribution < 1.29 is 22.7 Å². The molecule has 0 aromatic heterocycles. The molecule has 1 aliphatic rings. The number of anilines is 2. The Morgan fingerprint density at radius 3 is 2.20 bits per heavy atom. The van der Waals surface area contributed by atoms with Crippen molar-refractivity contribution in [3.63, 3.8) is 0 Å². The second kappa shape index (κ2) is 5.96. The minimum absolute atomic E-state index is 0.0830. The number of benzene rings is 2. The highest BCUT2D eigenvalue weighted by atomic mass is 32.2. The lowest BCUT2D eigenvalue weighted by Crippen LogP contribution is -2.29. The van der Waals surface area contributed by atoms with Crippen molar-refractivity contribution in [3.05, 3.63) is 42.5 Å². The fraction of sp³-hybridized carbons (Fsp3) is 0.235. The molecule has 2 aromatic carbocycles. The summed E-state index contributed by atoms with van der Waals surface area (Å²) in [5.41, 5.74) is 0.891. The molecule has 7 nitrogen and oxygen atoms in total. The Balaban J connectivity index is 1.79. The molecule has 2 N–H and O–H groups in total. The third-order valence-corrected chi connectivity index (χ3v) is 4.79. The van der Waals surface area contributed by atoms with Gasteiger partial charge in [-0.3, -0.25) is 9.52 Å². The highest BCUT2D eigenvalue weighted by Crippen LogP contribution is 2.40. The summed E-state index contributed by atoms with van der Waals surface area (Å²) in [6.45, 7) is 4.92. The van der Waals surface area contributed by atoms with Gasteiger partial charge in [0.2, 0.25) is 11.7 Å². The molecule has 0 spiro atoms. The van der Waals surface area contributed by atoms with E-state index >= 15 is 0 Å². The van der Waals surface area contributed by atoms with Crippen LogP contribution in [0, 0.1) is 0 Å². The number of nitrogens with one attached hydrogen (secondary N) is 2. The fourth-order valence-electron chi connectivity index (χ4n) is 2.42. The van der Waals surface area contributed by atoms with Crippen LogP contribution in [0.5, 0.6) is 11.5 Å². The molecule has 1 heterocycles. The highest BCUT2D eigenvalue weighted by molar-refractivity contribution is 7.92. The standard InChI is InChI=1S/C17H18N2O5S/c1-11(20)18-12-4-7-14(8-5-12)25(21,22)19-13-6-9-15-16(10-13)24-17(2,3)23-15/h4-10,19H,1-3H3,(H,18,20). The van der Waals surface area contributed by atoms with Gasteiger partial charge in [0, 0.05) is 32.5 Å². The first-order valence-electron chi connectivity index (χ1n) is 7.57. The van der Waals surface area contributed by atoms with Crippen molar-refractivity contribution in [1.29, 1.82) is 0 Å². The largest absolute Gasteiger partial charge is 0.449 e. The van der Waals surface area contributed by atoms with E-state index in [2.05, 4.69) is 10.0 Å². The topological polar surface area (TPSA) is 93.7 Å². The lowest BCUT2D eigenvalue weighted by atomic mass is 10.3. The maximum atomic E-state index is 12.5. The van der Waals surface area contributed by atoms with E-state index in [1.165, 1.54) is 31.2 Å². The maximum Gasteiger partial charge on any atom is 0.261 e. The Hall–Kier alpha value is -2.74. The first-order valence-corrected chi connectivity index (χ1v) is 9.05. The quantitative estimate of drug-likeness (QED) is 0.872. The van der Waals surface area contributed by atoms with Crippen LogP contribution in [-0.2, 0) is 14.8 Å². The molecule has 0 saturated carbocycles. The number of fused-ring (bicyclic) bond motifs is 1. The molecule has 0 radical (unpaired) electrons. The lowest BCUT2D eigenvalue weighted by Gasteiger charge is -2.16. The molecule has 0 fully saturated rings. The average molecular weight is 362 g/mol. The predicted molar refractivity (Wildman–Crippen MR) is 93.3 cm³/mol. The third kappa shape index (κ3) is 3.85. The van der Waals surface area contributed by atoms with Gasteiger partial charge in [-0.1, -0.05) is 0 Å².